The van der Waals surface area contributed by atoms with Gasteiger partial charge in [0.25, 0.3) is 0 Å². The molecule has 0 saturated carbocycles. The first-order chi connectivity index (χ1) is 20.0. The van der Waals surface area contributed by atoms with E-state index in [2.05, 4.69) is 0 Å². The molecule has 0 aliphatic heterocycles. The molecule has 0 N–H and O–H groups in total. The minimum atomic E-state index is -2.96. The third-order valence-electron chi connectivity index (χ3n) is 6.27. The van der Waals surface area contributed by atoms with E-state index in [1.54, 1.807) is 0 Å². The van der Waals surface area contributed by atoms with Gasteiger partial charge in [0.2, 0.25) is 0 Å². The van der Waals surface area contributed by atoms with Crippen LogP contribution in [-0.4, -0.2) is 0 Å². The van der Waals surface area contributed by atoms with Gasteiger partial charge in [0, 0.05) is 33.5 Å². The van der Waals surface area contributed by atoms with Crippen molar-refractivity contribution < 1.29 is 74.6 Å². The first kappa shape index (κ1) is 29.9. The Morgan fingerprint density at radius 2 is 0.535 bits per heavy atom. The molecule has 0 unspecified atom stereocenters. The maximum Gasteiger partial charge on any atom is 0.198 e. The molecule has 0 amide bonds. The molecule has 0 fully saturated rings. The lowest BCUT2D eigenvalue weighted by atomic mass is 9.89. The second-order valence-electron chi connectivity index (χ2n) is 8.46. The van der Waals surface area contributed by atoms with Crippen molar-refractivity contribution >= 4 is 21.5 Å². The lowest BCUT2D eigenvalue weighted by Crippen LogP contribution is -2.10. The Morgan fingerprint density at radius 3 is 0.930 bits per heavy atom. The first-order valence-corrected chi connectivity index (χ1v) is 10.7. The predicted octanol–water partition coefficient (Wildman–Crippen LogP) is 9.49. The van der Waals surface area contributed by atoms with Crippen LogP contribution in [0, 0.1) is 105 Å². The van der Waals surface area contributed by atoms with Gasteiger partial charge in [-0.1, -0.05) is 0 Å². The molecule has 0 aliphatic carbocycles. The Bertz CT molecular complexity index is 2080. The fraction of sp³-hybridized carbons (Fsp3) is 0. The molecule has 223 valence electrons. The van der Waals surface area contributed by atoms with E-state index in [4.69, 9.17) is 0 Å². The van der Waals surface area contributed by atoms with Gasteiger partial charge in [0.05, 0.1) is 16.3 Å². The van der Waals surface area contributed by atoms with Gasteiger partial charge in [0.15, 0.2) is 93.1 Å². The van der Waals surface area contributed by atoms with E-state index in [-0.39, 0.29) is 0 Å². The smallest absolute Gasteiger partial charge is 0.198 e. The molecule has 0 aliphatic rings. The maximum atomic E-state index is 15.8. The van der Waals surface area contributed by atoms with Crippen molar-refractivity contribution in [2.24, 2.45) is 0 Å². The Balaban J connectivity index is 2.08. The van der Waals surface area contributed by atoms with E-state index in [1.807, 2.05) is 0 Å². The minimum absolute atomic E-state index is 0.927. The van der Waals surface area contributed by atoms with E-state index in [0.717, 1.165) is 6.07 Å². The first-order valence-electron chi connectivity index (χ1n) is 10.7. The zero-order valence-corrected chi connectivity index (χ0v) is 19.4. The molecule has 5 aromatic rings. The van der Waals surface area contributed by atoms with Crippen LogP contribution in [0.25, 0.3) is 43.8 Å². The third-order valence-corrected chi connectivity index (χ3v) is 6.27. The van der Waals surface area contributed by atoms with Gasteiger partial charge in [-0.05, 0) is 0 Å². The van der Waals surface area contributed by atoms with Gasteiger partial charge in [-0.25, -0.2) is 74.6 Å². The SMILES string of the molecule is Fc1[c]c(-c2c(F)c(F)c(F)c3c(F)c(F)c(F)c(F)c23)c(F)c(-c2c(F)c(F)c(F)c3c(F)c(F)c(F)c(F)c23)c1F. The van der Waals surface area contributed by atoms with Gasteiger partial charge in [-0.3, -0.25) is 0 Å². The normalized spacial score (nSPS) is 11.8. The second-order valence-corrected chi connectivity index (χ2v) is 8.46. The van der Waals surface area contributed by atoms with Crippen molar-refractivity contribution in [3.8, 4) is 22.3 Å². The lowest BCUT2D eigenvalue weighted by Gasteiger charge is -2.18. The monoisotopic (exact) mass is 635 g/mol. The molecule has 0 saturated heterocycles. The summed E-state index contributed by atoms with van der Waals surface area (Å²) in [7, 11) is 0. The van der Waals surface area contributed by atoms with Gasteiger partial charge < -0.3 is 0 Å². The average molecular weight is 635 g/mol. The molecule has 0 spiro atoms. The van der Waals surface area contributed by atoms with Gasteiger partial charge >= 0.3 is 0 Å². The van der Waals surface area contributed by atoms with Crippen molar-refractivity contribution in [3.63, 3.8) is 0 Å². The molecular formula is C26F17. The lowest BCUT2D eigenvalue weighted by molar-refractivity contribution is 0.410. The van der Waals surface area contributed by atoms with Crippen molar-refractivity contribution in [2.45, 2.75) is 0 Å². The molecule has 0 bridgehead atoms. The van der Waals surface area contributed by atoms with Crippen molar-refractivity contribution in [1.82, 2.24) is 0 Å². The largest absolute Gasteiger partial charge is 0.205 e. The Labute approximate surface area is 224 Å². The standard InChI is InChI=1S/C26F17/c27-3-1-2(4-5-9(17(34)21(38)13(4)30)19(36)25(42)23(40)14(5)31)11(28)8(12(3)29)6-7-10(18(35)22(39)15(6)32)20(37)26(43)24(41)16(7)33. The molecule has 17 heteroatoms. The van der Waals surface area contributed by atoms with Crippen LogP contribution in [0.3, 0.4) is 0 Å². The molecule has 0 atom stereocenters. The van der Waals surface area contributed by atoms with E-state index in [9.17, 15) is 70.2 Å². The zero-order valence-electron chi connectivity index (χ0n) is 19.4. The summed E-state index contributed by atoms with van der Waals surface area (Å²) in [6, 6.07) is 0.927. The van der Waals surface area contributed by atoms with Crippen LogP contribution in [0.15, 0.2) is 0 Å². The number of fused-ring (bicyclic) bond motifs is 2. The molecule has 0 aromatic heterocycles. The summed E-state index contributed by atoms with van der Waals surface area (Å²) in [5, 5.41) is -9.18. The molecule has 5 rings (SSSR count). The number of hydrogen-bond acceptors (Lipinski definition) is 0. The van der Waals surface area contributed by atoms with Gasteiger partial charge in [-0.15, -0.1) is 0 Å². The van der Waals surface area contributed by atoms with Gasteiger partial charge in [0.1, 0.15) is 5.82 Å². The van der Waals surface area contributed by atoms with Crippen molar-refractivity contribution in [1.29, 1.82) is 0 Å². The van der Waals surface area contributed by atoms with Crippen LogP contribution in [0.4, 0.5) is 74.6 Å². The Morgan fingerprint density at radius 1 is 0.233 bits per heavy atom. The summed E-state index contributed by atoms with van der Waals surface area (Å²) in [5.74, 6) is -48.3. The van der Waals surface area contributed by atoms with Gasteiger partial charge in [-0.2, -0.15) is 0 Å². The number of hydrogen-bond donors (Lipinski definition) is 0. The molecule has 5 aromatic carbocycles. The summed E-state index contributed by atoms with van der Waals surface area (Å²) < 4.78 is 246. The minimum Gasteiger partial charge on any atom is -0.205 e. The summed E-state index contributed by atoms with van der Waals surface area (Å²) in [6.45, 7) is 0. The quantitative estimate of drug-likeness (QED) is 0.103. The highest BCUT2D eigenvalue weighted by molar-refractivity contribution is 6.02. The maximum absolute atomic E-state index is 15.8. The van der Waals surface area contributed by atoms with E-state index in [1.165, 1.54) is 0 Å². The van der Waals surface area contributed by atoms with E-state index >= 15 is 4.39 Å². The Kier molecular flexibility index (Phi) is 6.77. The topological polar surface area (TPSA) is 0 Å². The number of rotatable bonds is 2. The highest BCUT2D eigenvalue weighted by Crippen LogP contribution is 2.46. The van der Waals surface area contributed by atoms with Crippen molar-refractivity contribution in [3.05, 3.63) is 105 Å². The zero-order chi connectivity index (χ0) is 32.1. The second kappa shape index (κ2) is 9.74. The van der Waals surface area contributed by atoms with Crippen LogP contribution in [0.1, 0.15) is 0 Å². The van der Waals surface area contributed by atoms with Crippen LogP contribution in [0.5, 0.6) is 0 Å². The van der Waals surface area contributed by atoms with Crippen LogP contribution in [0.2, 0.25) is 0 Å². The van der Waals surface area contributed by atoms with Crippen LogP contribution in [-0.2, 0) is 0 Å². The van der Waals surface area contributed by atoms with Crippen LogP contribution < -0.4 is 0 Å². The molecule has 0 heterocycles. The molecule has 43 heavy (non-hydrogen) atoms. The fourth-order valence-corrected chi connectivity index (χ4v) is 4.41. The fourth-order valence-electron chi connectivity index (χ4n) is 4.41. The molecular weight excluding hydrogens is 635 g/mol. The third kappa shape index (κ3) is 3.78. The highest BCUT2D eigenvalue weighted by Gasteiger charge is 2.37. The summed E-state index contributed by atoms with van der Waals surface area (Å²) in [6.07, 6.45) is 0. The number of benzene rings is 5. The summed E-state index contributed by atoms with van der Waals surface area (Å²) in [5.41, 5.74) is -9.60. The predicted molar refractivity (Wildman–Crippen MR) is 110 cm³/mol. The Hall–Kier alpha value is -4.57. The number of halogens is 17. The van der Waals surface area contributed by atoms with Crippen LogP contribution >= 0.6 is 0 Å². The molecule has 1 radical (unpaired) electrons. The summed E-state index contributed by atoms with van der Waals surface area (Å²) in [4.78, 5) is 0. The average Bonchev–Trinajstić information content (AvgIpc) is 2.97. The van der Waals surface area contributed by atoms with Crippen molar-refractivity contribution in [2.75, 3.05) is 0 Å². The summed E-state index contributed by atoms with van der Waals surface area (Å²) >= 11 is 0. The molecule has 0 nitrogen and oxygen atoms in total. The van der Waals surface area contributed by atoms with E-state index < -0.39 is 143 Å². The highest BCUT2D eigenvalue weighted by atomic mass is 19.2. The van der Waals surface area contributed by atoms with E-state index in [0.29, 0.717) is 0 Å².